The van der Waals surface area contributed by atoms with Crippen LogP contribution >= 0.6 is 0 Å². The monoisotopic (exact) mass is 391 g/mol. The fourth-order valence-corrected chi connectivity index (χ4v) is 3.22. The van der Waals surface area contributed by atoms with E-state index in [4.69, 9.17) is 4.74 Å². The lowest BCUT2D eigenvalue weighted by molar-refractivity contribution is -0.141. The van der Waals surface area contributed by atoms with Crippen molar-refractivity contribution in [3.05, 3.63) is 47.9 Å². The van der Waals surface area contributed by atoms with Gasteiger partial charge >= 0.3 is 12.2 Å². The van der Waals surface area contributed by atoms with Gasteiger partial charge in [0, 0.05) is 23.5 Å². The molecule has 2 aromatic heterocycles. The summed E-state index contributed by atoms with van der Waals surface area (Å²) in [5.74, 6) is 0.440. The van der Waals surface area contributed by atoms with Gasteiger partial charge in [0.2, 0.25) is 5.88 Å². The summed E-state index contributed by atoms with van der Waals surface area (Å²) >= 11 is 0. The number of ether oxygens (including phenoxy) is 1. The molecule has 7 nitrogen and oxygen atoms in total. The van der Waals surface area contributed by atoms with Crippen molar-refractivity contribution in [3.8, 4) is 5.88 Å². The number of hydrogen-bond acceptors (Lipinski definition) is 4. The van der Waals surface area contributed by atoms with E-state index in [1.807, 2.05) is 6.07 Å². The standard InChI is InChI=1S/C18H16F3N5O2/c1-28-16-13-3-2-4-14(12(13)5-6-22-16)23-17(27)25-7-8-26-11(10-25)9-15(24-26)18(19,20)21/h2-6,9H,7-8,10H2,1H3,(H,23,27). The van der Waals surface area contributed by atoms with Crippen molar-refractivity contribution in [2.45, 2.75) is 19.3 Å². The van der Waals surface area contributed by atoms with Crippen LogP contribution in [0.3, 0.4) is 0 Å². The number of rotatable bonds is 2. The number of fused-ring (bicyclic) bond motifs is 2. The largest absolute Gasteiger partial charge is 0.481 e. The van der Waals surface area contributed by atoms with Crippen molar-refractivity contribution in [2.75, 3.05) is 19.0 Å². The van der Waals surface area contributed by atoms with E-state index in [1.54, 1.807) is 24.4 Å². The molecule has 0 saturated heterocycles. The molecule has 0 bridgehead atoms. The Morgan fingerprint density at radius 3 is 2.79 bits per heavy atom. The van der Waals surface area contributed by atoms with Gasteiger partial charge in [-0.05, 0) is 24.3 Å². The van der Waals surface area contributed by atoms with Gasteiger partial charge in [-0.15, -0.1) is 0 Å². The van der Waals surface area contributed by atoms with Crippen molar-refractivity contribution in [1.29, 1.82) is 0 Å². The van der Waals surface area contributed by atoms with Gasteiger partial charge in [-0.1, -0.05) is 6.07 Å². The molecular weight excluding hydrogens is 375 g/mol. The van der Waals surface area contributed by atoms with E-state index in [-0.39, 0.29) is 19.6 Å². The number of carbonyl (C=O) groups is 1. The Balaban J connectivity index is 1.55. The van der Waals surface area contributed by atoms with Crippen LogP contribution in [0.4, 0.5) is 23.7 Å². The third-order valence-corrected chi connectivity index (χ3v) is 4.58. The summed E-state index contributed by atoms with van der Waals surface area (Å²) in [6.45, 7) is 0.504. The molecule has 0 aliphatic carbocycles. The number of nitrogens with zero attached hydrogens (tertiary/aromatic N) is 4. The van der Waals surface area contributed by atoms with Gasteiger partial charge < -0.3 is 15.0 Å². The molecule has 10 heteroatoms. The average Bonchev–Trinajstić information content (AvgIpc) is 3.11. The third-order valence-electron chi connectivity index (χ3n) is 4.58. The molecule has 0 unspecified atom stereocenters. The quantitative estimate of drug-likeness (QED) is 0.726. The number of halogens is 3. The second-order valence-electron chi connectivity index (χ2n) is 6.31. The molecule has 0 saturated carbocycles. The summed E-state index contributed by atoms with van der Waals surface area (Å²) in [6.07, 6.45) is -2.93. The van der Waals surface area contributed by atoms with Crippen LogP contribution < -0.4 is 10.1 Å². The molecule has 0 spiro atoms. The highest BCUT2D eigenvalue weighted by Gasteiger charge is 2.36. The van der Waals surface area contributed by atoms with Gasteiger partial charge in [0.25, 0.3) is 0 Å². The number of benzene rings is 1. The van der Waals surface area contributed by atoms with Gasteiger partial charge in [-0.2, -0.15) is 18.3 Å². The first kappa shape index (κ1) is 18.1. The maximum Gasteiger partial charge on any atom is 0.435 e. The number of anilines is 1. The van der Waals surface area contributed by atoms with Crippen molar-refractivity contribution >= 4 is 22.5 Å². The maximum absolute atomic E-state index is 12.8. The summed E-state index contributed by atoms with van der Waals surface area (Å²) < 4.78 is 45.1. The molecule has 0 atom stereocenters. The zero-order valence-electron chi connectivity index (χ0n) is 14.8. The van der Waals surface area contributed by atoms with E-state index < -0.39 is 17.9 Å². The van der Waals surface area contributed by atoms with Gasteiger partial charge in [0.05, 0.1) is 31.6 Å². The van der Waals surface area contributed by atoms with Crippen LogP contribution in [-0.4, -0.2) is 39.4 Å². The van der Waals surface area contributed by atoms with E-state index in [0.717, 1.165) is 16.8 Å². The van der Waals surface area contributed by atoms with Crippen molar-refractivity contribution in [3.63, 3.8) is 0 Å². The summed E-state index contributed by atoms with van der Waals surface area (Å²) in [5, 5.41) is 7.90. The normalized spacial score (nSPS) is 14.1. The molecule has 1 aliphatic heterocycles. The SMILES string of the molecule is COc1nccc2c(NC(=O)N3CCn4nc(C(F)(F)F)cc4C3)cccc12. The minimum Gasteiger partial charge on any atom is -0.481 e. The second-order valence-corrected chi connectivity index (χ2v) is 6.31. The van der Waals surface area contributed by atoms with Crippen LogP contribution in [0, 0.1) is 0 Å². The lowest BCUT2D eigenvalue weighted by atomic mass is 10.1. The van der Waals surface area contributed by atoms with Crippen LogP contribution in [0.5, 0.6) is 5.88 Å². The molecular formula is C18H16F3N5O2. The predicted octanol–water partition coefficient (Wildman–Crippen LogP) is 3.51. The average molecular weight is 391 g/mol. The van der Waals surface area contributed by atoms with E-state index in [1.165, 1.54) is 16.7 Å². The van der Waals surface area contributed by atoms with E-state index in [0.29, 0.717) is 17.3 Å². The van der Waals surface area contributed by atoms with Crippen LogP contribution in [-0.2, 0) is 19.3 Å². The summed E-state index contributed by atoms with van der Waals surface area (Å²) in [7, 11) is 1.51. The van der Waals surface area contributed by atoms with Crippen molar-refractivity contribution in [1.82, 2.24) is 19.7 Å². The van der Waals surface area contributed by atoms with Gasteiger partial charge in [-0.25, -0.2) is 9.78 Å². The number of nitrogens with one attached hydrogen (secondary N) is 1. The lowest BCUT2D eigenvalue weighted by Crippen LogP contribution is -2.40. The highest BCUT2D eigenvalue weighted by Crippen LogP contribution is 2.31. The molecule has 0 radical (unpaired) electrons. The zero-order valence-corrected chi connectivity index (χ0v) is 14.8. The molecule has 1 N–H and O–H groups in total. The predicted molar refractivity (Wildman–Crippen MR) is 95.0 cm³/mol. The topological polar surface area (TPSA) is 72.3 Å². The van der Waals surface area contributed by atoms with Crippen molar-refractivity contribution in [2.24, 2.45) is 0 Å². The van der Waals surface area contributed by atoms with Gasteiger partial charge in [0.15, 0.2) is 5.69 Å². The highest BCUT2D eigenvalue weighted by molar-refractivity contribution is 6.03. The molecule has 1 aromatic carbocycles. The molecule has 3 heterocycles. The fraction of sp³-hybridized carbons (Fsp3) is 0.278. The van der Waals surface area contributed by atoms with Crippen molar-refractivity contribution < 1.29 is 22.7 Å². The van der Waals surface area contributed by atoms with E-state index >= 15 is 0 Å². The lowest BCUT2D eigenvalue weighted by Gasteiger charge is -2.28. The zero-order chi connectivity index (χ0) is 19.9. The second kappa shape index (κ2) is 6.70. The minimum atomic E-state index is -4.51. The van der Waals surface area contributed by atoms with E-state index in [2.05, 4.69) is 15.4 Å². The Hall–Kier alpha value is -3.30. The summed E-state index contributed by atoms with van der Waals surface area (Å²) in [4.78, 5) is 18.3. The smallest absolute Gasteiger partial charge is 0.435 e. The van der Waals surface area contributed by atoms with E-state index in [9.17, 15) is 18.0 Å². The van der Waals surface area contributed by atoms with Crippen LogP contribution in [0.25, 0.3) is 10.8 Å². The maximum atomic E-state index is 12.8. The first-order valence-electron chi connectivity index (χ1n) is 8.48. The Morgan fingerprint density at radius 1 is 1.21 bits per heavy atom. The number of methoxy groups -OCH3 is 1. The number of urea groups is 1. The fourth-order valence-electron chi connectivity index (χ4n) is 3.22. The first-order chi connectivity index (χ1) is 13.4. The Kier molecular flexibility index (Phi) is 4.33. The number of aromatic nitrogens is 3. The minimum absolute atomic E-state index is 0.0462. The van der Waals surface area contributed by atoms with Gasteiger partial charge in [0.1, 0.15) is 0 Å². The summed E-state index contributed by atoms with van der Waals surface area (Å²) in [5.41, 5.74) is -0.0332. The molecule has 28 heavy (non-hydrogen) atoms. The molecule has 1 aliphatic rings. The number of amides is 2. The molecule has 0 fully saturated rings. The van der Waals surface area contributed by atoms with Gasteiger partial charge in [-0.3, -0.25) is 4.68 Å². The Morgan fingerprint density at radius 2 is 2.04 bits per heavy atom. The molecule has 3 aromatic rings. The van der Waals surface area contributed by atoms with Crippen LogP contribution in [0.1, 0.15) is 11.4 Å². The number of pyridine rings is 1. The molecule has 146 valence electrons. The molecule has 2 amide bonds. The Labute approximate surface area is 157 Å². The number of hydrogen-bond donors (Lipinski definition) is 1. The number of carbonyl (C=O) groups excluding carboxylic acids is 1. The highest BCUT2D eigenvalue weighted by atomic mass is 19.4. The Bertz CT molecular complexity index is 1050. The third kappa shape index (κ3) is 3.21. The molecule has 4 rings (SSSR count). The summed E-state index contributed by atoms with van der Waals surface area (Å²) in [6, 6.07) is 7.68. The van der Waals surface area contributed by atoms with Crippen LogP contribution in [0.15, 0.2) is 36.5 Å². The first-order valence-corrected chi connectivity index (χ1v) is 8.48. The van der Waals surface area contributed by atoms with Crippen LogP contribution in [0.2, 0.25) is 0 Å². The number of alkyl halides is 3.